The van der Waals surface area contributed by atoms with Crippen LogP contribution in [0.1, 0.15) is 5.82 Å². The molecule has 23 heavy (non-hydrogen) atoms. The first-order chi connectivity index (χ1) is 11.3. The van der Waals surface area contributed by atoms with Crippen molar-refractivity contribution < 1.29 is 0 Å². The summed E-state index contributed by atoms with van der Waals surface area (Å²) in [5, 5.41) is 8.78. The third-order valence-electron chi connectivity index (χ3n) is 3.60. The summed E-state index contributed by atoms with van der Waals surface area (Å²) in [6.07, 6.45) is 3.61. The van der Waals surface area contributed by atoms with Gasteiger partial charge in [-0.15, -0.1) is 0 Å². The van der Waals surface area contributed by atoms with Crippen molar-refractivity contribution in [3.05, 3.63) is 71.9 Å². The van der Waals surface area contributed by atoms with Gasteiger partial charge >= 0.3 is 0 Å². The van der Waals surface area contributed by atoms with Crippen LogP contribution < -0.4 is 0 Å². The van der Waals surface area contributed by atoms with Gasteiger partial charge in [-0.05, 0) is 42.5 Å². The summed E-state index contributed by atoms with van der Waals surface area (Å²) in [6, 6.07) is 16.4. The third-order valence-corrected chi connectivity index (χ3v) is 4.94. The zero-order valence-electron chi connectivity index (χ0n) is 12.1. The molecule has 2 aromatic carbocycles. The van der Waals surface area contributed by atoms with Crippen LogP contribution in [0, 0.1) is 0 Å². The molecule has 0 spiro atoms. The van der Waals surface area contributed by atoms with E-state index in [2.05, 4.69) is 50.2 Å². The average molecular weight is 341 g/mol. The number of nitrogens with one attached hydrogen (secondary N) is 1. The van der Waals surface area contributed by atoms with Crippen LogP contribution >= 0.6 is 23.4 Å². The van der Waals surface area contributed by atoms with Crippen LogP contribution in [-0.4, -0.2) is 19.7 Å². The quantitative estimate of drug-likeness (QED) is 0.590. The molecule has 0 aliphatic heterocycles. The van der Waals surface area contributed by atoms with Crippen LogP contribution in [-0.2, 0) is 6.54 Å². The molecule has 0 saturated carbocycles. The highest BCUT2D eigenvalue weighted by Gasteiger charge is 2.08. The molecule has 0 bridgehead atoms. The number of halogens is 1. The van der Waals surface area contributed by atoms with E-state index >= 15 is 0 Å². The Balaban J connectivity index is 1.68. The summed E-state index contributed by atoms with van der Waals surface area (Å²) in [4.78, 5) is 6.59. The summed E-state index contributed by atoms with van der Waals surface area (Å²) in [5.74, 6) is 0.846. The molecule has 2 aromatic heterocycles. The number of nitrogens with zero attached hydrogens (tertiary/aromatic N) is 3. The normalized spacial score (nSPS) is 11.2. The molecule has 0 radical (unpaired) electrons. The Morgan fingerprint density at radius 3 is 2.74 bits per heavy atom. The minimum absolute atomic E-state index is 0.679. The van der Waals surface area contributed by atoms with E-state index in [1.807, 2.05) is 24.3 Å². The maximum Gasteiger partial charge on any atom is 0.144 e. The molecule has 114 valence electrons. The van der Waals surface area contributed by atoms with Crippen molar-refractivity contribution >= 4 is 34.3 Å². The molecule has 2 heterocycles. The third kappa shape index (κ3) is 2.98. The molecule has 0 atom stereocenters. The van der Waals surface area contributed by atoms with E-state index in [0.717, 1.165) is 10.8 Å². The highest BCUT2D eigenvalue weighted by Crippen LogP contribution is 2.34. The van der Waals surface area contributed by atoms with Gasteiger partial charge in [0.25, 0.3) is 0 Å². The molecule has 1 N–H and O–H groups in total. The van der Waals surface area contributed by atoms with E-state index in [1.54, 1.807) is 11.8 Å². The lowest BCUT2D eigenvalue weighted by Gasteiger charge is -2.06. The molecule has 0 amide bonds. The first-order valence-corrected chi connectivity index (χ1v) is 8.34. The summed E-state index contributed by atoms with van der Waals surface area (Å²) < 4.78 is 2.17. The molecule has 0 fully saturated rings. The predicted octanol–water partition coefficient (Wildman–Crippen LogP) is 4.61. The number of aromatic amines is 1. The van der Waals surface area contributed by atoms with Crippen molar-refractivity contribution in [1.82, 2.24) is 19.7 Å². The minimum Gasteiger partial charge on any atom is -0.340 e. The molecule has 4 aromatic rings. The SMILES string of the molecule is Clc1ccc(Sc2cccc3c2ccn3Cc2ncn[nH]2)cc1. The smallest absolute Gasteiger partial charge is 0.144 e. The molecule has 0 unspecified atom stereocenters. The van der Waals surface area contributed by atoms with E-state index in [-0.39, 0.29) is 0 Å². The summed E-state index contributed by atoms with van der Waals surface area (Å²) in [7, 11) is 0. The Labute approximate surface area is 142 Å². The molecule has 0 saturated heterocycles. The lowest BCUT2D eigenvalue weighted by Crippen LogP contribution is -1.99. The van der Waals surface area contributed by atoms with Crippen molar-refractivity contribution in [2.45, 2.75) is 16.3 Å². The van der Waals surface area contributed by atoms with Crippen LogP contribution in [0.15, 0.2) is 70.8 Å². The van der Waals surface area contributed by atoms with Gasteiger partial charge in [0, 0.05) is 31.9 Å². The van der Waals surface area contributed by atoms with Gasteiger partial charge in [0.05, 0.1) is 6.54 Å². The summed E-state index contributed by atoms with van der Waals surface area (Å²) in [5.41, 5.74) is 1.18. The second-order valence-corrected chi connectivity index (χ2v) is 6.67. The number of fused-ring (bicyclic) bond motifs is 1. The van der Waals surface area contributed by atoms with Crippen molar-refractivity contribution in [1.29, 1.82) is 0 Å². The Morgan fingerprint density at radius 1 is 1.09 bits per heavy atom. The van der Waals surface area contributed by atoms with Crippen molar-refractivity contribution in [2.75, 3.05) is 0 Å². The average Bonchev–Trinajstić information content (AvgIpc) is 3.21. The minimum atomic E-state index is 0.679. The Kier molecular flexibility index (Phi) is 3.81. The van der Waals surface area contributed by atoms with Gasteiger partial charge in [-0.25, -0.2) is 4.98 Å². The number of aromatic nitrogens is 4. The fourth-order valence-electron chi connectivity index (χ4n) is 2.52. The van der Waals surface area contributed by atoms with E-state index in [4.69, 9.17) is 11.6 Å². The monoisotopic (exact) mass is 340 g/mol. The summed E-state index contributed by atoms with van der Waals surface area (Å²) >= 11 is 7.69. The molecule has 6 heteroatoms. The lowest BCUT2D eigenvalue weighted by molar-refractivity contribution is 0.776. The van der Waals surface area contributed by atoms with Crippen LogP contribution in [0.4, 0.5) is 0 Å². The number of hydrogen-bond donors (Lipinski definition) is 1. The van der Waals surface area contributed by atoms with Gasteiger partial charge in [-0.2, -0.15) is 5.10 Å². The predicted molar refractivity (Wildman–Crippen MR) is 93.0 cm³/mol. The first-order valence-electron chi connectivity index (χ1n) is 7.15. The Bertz CT molecular complexity index is 929. The maximum absolute atomic E-state index is 5.95. The van der Waals surface area contributed by atoms with Crippen LogP contribution in [0.25, 0.3) is 10.9 Å². The lowest BCUT2D eigenvalue weighted by atomic mass is 10.2. The van der Waals surface area contributed by atoms with E-state index in [0.29, 0.717) is 6.54 Å². The number of H-pyrrole nitrogens is 1. The number of hydrogen-bond acceptors (Lipinski definition) is 3. The second-order valence-electron chi connectivity index (χ2n) is 5.12. The molecular weight excluding hydrogens is 328 g/mol. The highest BCUT2D eigenvalue weighted by molar-refractivity contribution is 7.99. The standard InChI is InChI=1S/C17H13ClN4S/c18-12-4-6-13(7-5-12)23-16-3-1-2-15-14(16)8-9-22(15)10-17-19-11-20-21-17/h1-9,11H,10H2,(H,19,20,21). The molecule has 4 rings (SSSR count). The van der Waals surface area contributed by atoms with Gasteiger partial charge in [0.15, 0.2) is 0 Å². The second kappa shape index (κ2) is 6.10. The van der Waals surface area contributed by atoms with Crippen molar-refractivity contribution in [3.63, 3.8) is 0 Å². The van der Waals surface area contributed by atoms with Gasteiger partial charge in [0.1, 0.15) is 12.2 Å². The van der Waals surface area contributed by atoms with E-state index < -0.39 is 0 Å². The molecule has 0 aliphatic carbocycles. The molecular formula is C17H13ClN4S. The van der Waals surface area contributed by atoms with Crippen LogP contribution in [0.2, 0.25) is 5.02 Å². The number of rotatable bonds is 4. The molecule has 4 nitrogen and oxygen atoms in total. The van der Waals surface area contributed by atoms with Gasteiger partial charge in [0.2, 0.25) is 0 Å². The fraction of sp³-hybridized carbons (Fsp3) is 0.0588. The van der Waals surface area contributed by atoms with Crippen LogP contribution in [0.3, 0.4) is 0 Å². The number of benzene rings is 2. The highest BCUT2D eigenvalue weighted by atomic mass is 35.5. The van der Waals surface area contributed by atoms with Gasteiger partial charge in [-0.1, -0.05) is 29.4 Å². The van der Waals surface area contributed by atoms with E-state index in [9.17, 15) is 0 Å². The van der Waals surface area contributed by atoms with Crippen molar-refractivity contribution in [2.24, 2.45) is 0 Å². The Morgan fingerprint density at radius 2 is 1.96 bits per heavy atom. The van der Waals surface area contributed by atoms with Gasteiger partial charge in [-0.3, -0.25) is 5.10 Å². The zero-order valence-corrected chi connectivity index (χ0v) is 13.7. The van der Waals surface area contributed by atoms with Crippen LogP contribution in [0.5, 0.6) is 0 Å². The topological polar surface area (TPSA) is 46.5 Å². The van der Waals surface area contributed by atoms with E-state index in [1.165, 1.54) is 27.0 Å². The van der Waals surface area contributed by atoms with Crippen molar-refractivity contribution in [3.8, 4) is 0 Å². The first kappa shape index (κ1) is 14.4. The zero-order chi connectivity index (χ0) is 15.6. The maximum atomic E-state index is 5.95. The molecule has 0 aliphatic rings. The summed E-state index contributed by atoms with van der Waals surface area (Å²) in [6.45, 7) is 0.679. The fourth-order valence-corrected chi connectivity index (χ4v) is 3.60. The Hall–Kier alpha value is -2.24. The van der Waals surface area contributed by atoms with Gasteiger partial charge < -0.3 is 4.57 Å². The largest absolute Gasteiger partial charge is 0.340 e.